The Labute approximate surface area is 125 Å². The van der Waals surface area contributed by atoms with Gasteiger partial charge in [-0.2, -0.15) is 0 Å². The minimum Gasteiger partial charge on any atom is -0.493 e. The third-order valence-electron chi connectivity index (χ3n) is 2.41. The molecule has 6 nitrogen and oxygen atoms in total. The van der Waals surface area contributed by atoms with Gasteiger partial charge in [0.15, 0.2) is 18.1 Å². The maximum atomic E-state index is 12.0. The lowest BCUT2D eigenvalue weighted by atomic mass is 10.2. The highest BCUT2D eigenvalue weighted by Crippen LogP contribution is 2.28. The van der Waals surface area contributed by atoms with Crippen LogP contribution in [0.2, 0.25) is 19.6 Å². The van der Waals surface area contributed by atoms with E-state index in [1.54, 1.807) is 12.1 Å². The number of esters is 1. The molecule has 0 saturated carbocycles. The molecule has 0 spiro atoms. The van der Waals surface area contributed by atoms with Crippen LogP contribution in [0, 0.1) is 0 Å². The summed E-state index contributed by atoms with van der Waals surface area (Å²) in [5.74, 6) is -0.301. The molecule has 1 amide bonds. The fourth-order valence-electron chi connectivity index (χ4n) is 1.43. The van der Waals surface area contributed by atoms with Crippen molar-refractivity contribution in [3.63, 3.8) is 0 Å². The van der Waals surface area contributed by atoms with Crippen LogP contribution in [-0.2, 0) is 9.53 Å². The number of ether oxygens (including phenoxy) is 3. The van der Waals surface area contributed by atoms with Crippen molar-refractivity contribution in [2.24, 2.45) is 5.73 Å². The Morgan fingerprint density at radius 1 is 1.19 bits per heavy atom. The summed E-state index contributed by atoms with van der Waals surface area (Å²) in [4.78, 5) is 22.7. The second-order valence-electron chi connectivity index (χ2n) is 5.76. The zero-order valence-corrected chi connectivity index (χ0v) is 13.8. The lowest BCUT2D eigenvalue weighted by molar-refractivity contribution is -0.119. The van der Waals surface area contributed by atoms with E-state index in [0.717, 1.165) is 0 Å². The number of benzene rings is 1. The molecule has 0 aliphatic rings. The zero-order chi connectivity index (χ0) is 16.0. The largest absolute Gasteiger partial charge is 0.493 e. The highest BCUT2D eigenvalue weighted by Gasteiger charge is 2.18. The van der Waals surface area contributed by atoms with Gasteiger partial charge in [-0.05, 0) is 18.2 Å². The molecular formula is C14H21NO5Si. The van der Waals surface area contributed by atoms with Gasteiger partial charge in [-0.25, -0.2) is 4.79 Å². The summed E-state index contributed by atoms with van der Waals surface area (Å²) in [5.41, 5.74) is 5.39. The van der Waals surface area contributed by atoms with Crippen molar-refractivity contribution in [2.45, 2.75) is 19.6 Å². The standard InChI is InChI=1S/C14H21NO5Si/c1-18-12-7-10(14(17)20-9-21(2,3)4)5-6-11(12)19-8-13(15)16/h5-7H,8-9H2,1-4H3,(H2,15,16). The Morgan fingerprint density at radius 3 is 2.38 bits per heavy atom. The van der Waals surface area contributed by atoms with E-state index in [2.05, 4.69) is 19.6 Å². The number of methoxy groups -OCH3 is 1. The third kappa shape index (κ3) is 5.86. The molecule has 0 fully saturated rings. The van der Waals surface area contributed by atoms with Gasteiger partial charge in [0, 0.05) is 0 Å². The van der Waals surface area contributed by atoms with Crippen LogP contribution < -0.4 is 15.2 Å². The van der Waals surface area contributed by atoms with Crippen molar-refractivity contribution in [3.05, 3.63) is 23.8 Å². The maximum Gasteiger partial charge on any atom is 0.337 e. The molecule has 0 bridgehead atoms. The average Bonchev–Trinajstić information content (AvgIpc) is 2.41. The fraction of sp³-hybridized carbons (Fsp3) is 0.429. The molecule has 0 aliphatic heterocycles. The molecule has 0 aliphatic carbocycles. The Balaban J connectivity index is 2.81. The van der Waals surface area contributed by atoms with Gasteiger partial charge in [0.1, 0.15) is 0 Å². The van der Waals surface area contributed by atoms with Crippen molar-refractivity contribution in [1.82, 2.24) is 0 Å². The van der Waals surface area contributed by atoms with Crippen LogP contribution in [0.4, 0.5) is 0 Å². The number of rotatable bonds is 7. The molecule has 1 rings (SSSR count). The fourth-order valence-corrected chi connectivity index (χ4v) is 1.99. The summed E-state index contributed by atoms with van der Waals surface area (Å²) in [6.07, 6.45) is 0.452. The minimum atomic E-state index is -1.46. The van der Waals surface area contributed by atoms with E-state index in [0.29, 0.717) is 23.3 Å². The molecule has 2 N–H and O–H groups in total. The van der Waals surface area contributed by atoms with Gasteiger partial charge >= 0.3 is 5.97 Å². The molecule has 0 heterocycles. The van der Waals surface area contributed by atoms with Crippen LogP contribution in [0.25, 0.3) is 0 Å². The summed E-state index contributed by atoms with van der Waals surface area (Å²) < 4.78 is 15.6. The Morgan fingerprint density at radius 2 is 1.86 bits per heavy atom. The van der Waals surface area contributed by atoms with Crippen molar-refractivity contribution in [3.8, 4) is 11.5 Å². The van der Waals surface area contributed by atoms with E-state index in [4.69, 9.17) is 19.9 Å². The normalized spacial score (nSPS) is 10.9. The van der Waals surface area contributed by atoms with Crippen LogP contribution in [0.15, 0.2) is 18.2 Å². The van der Waals surface area contributed by atoms with Crippen LogP contribution in [-0.4, -0.2) is 39.9 Å². The first-order chi connectivity index (χ1) is 9.73. The zero-order valence-electron chi connectivity index (χ0n) is 12.8. The number of carbonyl (C=O) groups is 2. The first-order valence-electron chi connectivity index (χ1n) is 6.49. The van der Waals surface area contributed by atoms with Gasteiger partial charge in [0.25, 0.3) is 5.91 Å². The predicted molar refractivity (Wildman–Crippen MR) is 81.3 cm³/mol. The van der Waals surface area contributed by atoms with Crippen molar-refractivity contribution in [2.75, 3.05) is 19.9 Å². The lowest BCUT2D eigenvalue weighted by Gasteiger charge is -2.16. The van der Waals surface area contributed by atoms with Gasteiger partial charge in [-0.3, -0.25) is 4.79 Å². The summed E-state index contributed by atoms with van der Waals surface area (Å²) in [5, 5.41) is 0. The number of hydrogen-bond acceptors (Lipinski definition) is 5. The van der Waals surface area contributed by atoms with Gasteiger partial charge < -0.3 is 19.9 Å². The van der Waals surface area contributed by atoms with E-state index in [-0.39, 0.29) is 6.61 Å². The molecule has 21 heavy (non-hydrogen) atoms. The SMILES string of the molecule is COc1cc(C(=O)OC[Si](C)(C)C)ccc1OCC(N)=O. The number of hydrogen-bond donors (Lipinski definition) is 1. The molecule has 116 valence electrons. The smallest absolute Gasteiger partial charge is 0.337 e. The topological polar surface area (TPSA) is 87.8 Å². The van der Waals surface area contributed by atoms with Crippen LogP contribution in [0.3, 0.4) is 0 Å². The van der Waals surface area contributed by atoms with E-state index < -0.39 is 20.0 Å². The minimum absolute atomic E-state index is 0.254. The van der Waals surface area contributed by atoms with E-state index in [9.17, 15) is 9.59 Å². The second kappa shape index (κ2) is 7.12. The molecular weight excluding hydrogens is 290 g/mol. The van der Waals surface area contributed by atoms with Crippen molar-refractivity contribution < 1.29 is 23.8 Å². The first-order valence-corrected chi connectivity index (χ1v) is 10.2. The summed E-state index contributed by atoms with van der Waals surface area (Å²) in [6.45, 7) is 6.08. The van der Waals surface area contributed by atoms with Crippen LogP contribution in [0.5, 0.6) is 11.5 Å². The van der Waals surface area contributed by atoms with Gasteiger partial charge in [0.05, 0.1) is 27.0 Å². The maximum absolute atomic E-state index is 12.0. The molecule has 0 saturated heterocycles. The molecule has 7 heteroatoms. The first kappa shape index (κ1) is 17.0. The van der Waals surface area contributed by atoms with E-state index in [1.165, 1.54) is 13.2 Å². The van der Waals surface area contributed by atoms with Crippen molar-refractivity contribution >= 4 is 20.0 Å². The highest BCUT2D eigenvalue weighted by atomic mass is 28.3. The predicted octanol–water partition coefficient (Wildman–Crippen LogP) is 1.59. The summed E-state index contributed by atoms with van der Waals surface area (Å²) in [7, 11) is -0.0133. The third-order valence-corrected chi connectivity index (χ3v) is 3.42. The monoisotopic (exact) mass is 311 g/mol. The Bertz CT molecular complexity index is 525. The van der Waals surface area contributed by atoms with E-state index >= 15 is 0 Å². The molecule has 0 atom stereocenters. The number of carbonyl (C=O) groups excluding carboxylic acids is 2. The molecule has 1 aromatic rings. The van der Waals surface area contributed by atoms with Gasteiger partial charge in [0.2, 0.25) is 0 Å². The molecule has 0 unspecified atom stereocenters. The van der Waals surface area contributed by atoms with Gasteiger partial charge in [-0.1, -0.05) is 19.6 Å². The Kier molecular flexibility index (Phi) is 5.77. The summed E-state index contributed by atoms with van der Waals surface area (Å²) in [6, 6.07) is 4.63. The Hall–Kier alpha value is -2.02. The molecule has 0 aromatic heterocycles. The number of primary amides is 1. The number of nitrogens with two attached hydrogens (primary N) is 1. The lowest BCUT2D eigenvalue weighted by Crippen LogP contribution is -2.29. The highest BCUT2D eigenvalue weighted by molar-refractivity contribution is 6.76. The number of amides is 1. The average molecular weight is 311 g/mol. The van der Waals surface area contributed by atoms with Crippen molar-refractivity contribution in [1.29, 1.82) is 0 Å². The second-order valence-corrected chi connectivity index (χ2v) is 11.2. The van der Waals surface area contributed by atoms with Gasteiger partial charge in [-0.15, -0.1) is 0 Å². The van der Waals surface area contributed by atoms with Crippen LogP contribution in [0.1, 0.15) is 10.4 Å². The quantitative estimate of drug-likeness (QED) is 0.610. The van der Waals surface area contributed by atoms with Crippen LogP contribution >= 0.6 is 0 Å². The summed E-state index contributed by atoms with van der Waals surface area (Å²) >= 11 is 0. The molecule has 0 radical (unpaired) electrons. The van der Waals surface area contributed by atoms with E-state index in [1.807, 2.05) is 0 Å². The molecule has 1 aromatic carbocycles.